The number of imidazole rings is 1. The van der Waals surface area contributed by atoms with Gasteiger partial charge in [0.25, 0.3) is 5.56 Å². The van der Waals surface area contributed by atoms with Crippen molar-refractivity contribution in [3.05, 3.63) is 50.2 Å². The standard InChI is InChI=1S/C13H12N4O2/c1-6-3-4-8(7(2)5-6)10-14-9-11(15-10)16-13(19)17-12(9)18/h3-5H,1-2H3,(H3,14,15,16,17,18,19). The van der Waals surface area contributed by atoms with Gasteiger partial charge in [-0.05, 0) is 19.4 Å². The minimum absolute atomic E-state index is 0.267. The summed E-state index contributed by atoms with van der Waals surface area (Å²) >= 11 is 0. The first-order chi connectivity index (χ1) is 9.04. The summed E-state index contributed by atoms with van der Waals surface area (Å²) in [6, 6.07) is 5.95. The lowest BCUT2D eigenvalue weighted by atomic mass is 10.1. The molecule has 0 aliphatic heterocycles. The van der Waals surface area contributed by atoms with E-state index in [1.165, 1.54) is 0 Å². The van der Waals surface area contributed by atoms with Crippen molar-refractivity contribution in [2.75, 3.05) is 0 Å². The molecule has 2 heterocycles. The molecule has 0 amide bonds. The number of rotatable bonds is 1. The quantitative estimate of drug-likeness (QED) is 0.611. The van der Waals surface area contributed by atoms with Gasteiger partial charge in [-0.15, -0.1) is 0 Å². The number of hydrogen-bond acceptors (Lipinski definition) is 3. The van der Waals surface area contributed by atoms with E-state index in [-0.39, 0.29) is 11.2 Å². The van der Waals surface area contributed by atoms with Crippen molar-refractivity contribution in [3.63, 3.8) is 0 Å². The van der Waals surface area contributed by atoms with Crippen LogP contribution >= 0.6 is 0 Å². The summed E-state index contributed by atoms with van der Waals surface area (Å²) in [6.07, 6.45) is 0. The monoisotopic (exact) mass is 256 g/mol. The molecule has 1 aromatic carbocycles. The fraction of sp³-hybridized carbons (Fsp3) is 0.154. The third-order valence-corrected chi connectivity index (χ3v) is 3.03. The molecule has 2 aromatic heterocycles. The van der Waals surface area contributed by atoms with Gasteiger partial charge in [-0.3, -0.25) is 14.8 Å². The molecule has 3 N–H and O–H groups in total. The van der Waals surface area contributed by atoms with Crippen molar-refractivity contribution >= 4 is 11.2 Å². The van der Waals surface area contributed by atoms with E-state index in [9.17, 15) is 9.59 Å². The summed E-state index contributed by atoms with van der Waals surface area (Å²) in [6.45, 7) is 3.99. The molecule has 0 atom stereocenters. The average Bonchev–Trinajstić information content (AvgIpc) is 2.72. The van der Waals surface area contributed by atoms with Gasteiger partial charge >= 0.3 is 5.69 Å². The van der Waals surface area contributed by atoms with Gasteiger partial charge in [-0.2, -0.15) is 0 Å². The van der Waals surface area contributed by atoms with Crippen LogP contribution in [0.5, 0.6) is 0 Å². The number of benzene rings is 1. The number of aryl methyl sites for hydroxylation is 2. The van der Waals surface area contributed by atoms with Crippen LogP contribution in [-0.4, -0.2) is 19.9 Å². The van der Waals surface area contributed by atoms with Crippen molar-refractivity contribution in [3.8, 4) is 11.4 Å². The number of aromatic amines is 3. The van der Waals surface area contributed by atoms with Crippen LogP contribution < -0.4 is 11.2 Å². The van der Waals surface area contributed by atoms with E-state index in [1.54, 1.807) is 0 Å². The van der Waals surface area contributed by atoms with Gasteiger partial charge < -0.3 is 4.98 Å². The maximum atomic E-state index is 11.6. The zero-order chi connectivity index (χ0) is 13.6. The molecule has 6 nitrogen and oxygen atoms in total. The Labute approximate surface area is 107 Å². The van der Waals surface area contributed by atoms with Crippen molar-refractivity contribution in [2.24, 2.45) is 0 Å². The summed E-state index contributed by atoms with van der Waals surface area (Å²) < 4.78 is 0. The third kappa shape index (κ3) is 1.87. The van der Waals surface area contributed by atoms with E-state index in [1.807, 2.05) is 32.0 Å². The SMILES string of the molecule is Cc1ccc(-c2nc3[nH]c(=O)[nH]c(=O)c3[nH]2)c(C)c1. The van der Waals surface area contributed by atoms with Crippen molar-refractivity contribution < 1.29 is 0 Å². The Hall–Kier alpha value is -2.63. The van der Waals surface area contributed by atoms with E-state index in [4.69, 9.17) is 0 Å². The molecule has 96 valence electrons. The molecule has 0 aliphatic carbocycles. The van der Waals surface area contributed by atoms with Gasteiger partial charge in [0.05, 0.1) is 0 Å². The molecule has 0 saturated carbocycles. The Morgan fingerprint density at radius 1 is 1.05 bits per heavy atom. The smallest absolute Gasteiger partial charge is 0.327 e. The first kappa shape index (κ1) is 11.5. The molecular weight excluding hydrogens is 244 g/mol. The topological polar surface area (TPSA) is 94.4 Å². The van der Waals surface area contributed by atoms with Crippen LogP contribution in [0.2, 0.25) is 0 Å². The Morgan fingerprint density at radius 3 is 2.58 bits per heavy atom. The first-order valence-corrected chi connectivity index (χ1v) is 5.84. The highest BCUT2D eigenvalue weighted by molar-refractivity contribution is 5.75. The number of H-pyrrole nitrogens is 3. The van der Waals surface area contributed by atoms with Crippen LogP contribution in [0.4, 0.5) is 0 Å². The van der Waals surface area contributed by atoms with Gasteiger partial charge in [-0.1, -0.05) is 23.8 Å². The van der Waals surface area contributed by atoms with E-state index in [0.29, 0.717) is 5.82 Å². The van der Waals surface area contributed by atoms with Gasteiger partial charge in [0.1, 0.15) is 11.3 Å². The second-order valence-electron chi connectivity index (χ2n) is 4.54. The maximum absolute atomic E-state index is 11.6. The number of nitrogens with zero attached hydrogens (tertiary/aromatic N) is 1. The zero-order valence-electron chi connectivity index (χ0n) is 10.5. The maximum Gasteiger partial charge on any atom is 0.327 e. The van der Waals surface area contributed by atoms with Crippen LogP contribution in [0.25, 0.3) is 22.6 Å². The number of hydrogen-bond donors (Lipinski definition) is 3. The lowest BCUT2D eigenvalue weighted by Gasteiger charge is -2.02. The third-order valence-electron chi connectivity index (χ3n) is 3.03. The van der Waals surface area contributed by atoms with Crippen molar-refractivity contribution in [2.45, 2.75) is 13.8 Å². The van der Waals surface area contributed by atoms with Crippen LogP contribution in [0.1, 0.15) is 11.1 Å². The largest absolute Gasteiger partial charge is 0.332 e. The summed E-state index contributed by atoms with van der Waals surface area (Å²) in [5.41, 5.74) is 2.63. The van der Waals surface area contributed by atoms with Gasteiger partial charge in [0.2, 0.25) is 0 Å². The van der Waals surface area contributed by atoms with Crippen LogP contribution in [0.3, 0.4) is 0 Å². The molecule has 3 rings (SSSR count). The lowest BCUT2D eigenvalue weighted by Crippen LogP contribution is -2.21. The Balaban J connectivity index is 2.29. The lowest BCUT2D eigenvalue weighted by molar-refractivity contribution is 1.07. The Kier molecular flexibility index (Phi) is 2.38. The van der Waals surface area contributed by atoms with E-state index in [0.717, 1.165) is 16.7 Å². The Morgan fingerprint density at radius 2 is 1.84 bits per heavy atom. The number of fused-ring (bicyclic) bond motifs is 1. The molecule has 0 spiro atoms. The summed E-state index contributed by atoms with van der Waals surface area (Å²) in [4.78, 5) is 34.7. The summed E-state index contributed by atoms with van der Waals surface area (Å²) in [7, 11) is 0. The zero-order valence-corrected chi connectivity index (χ0v) is 10.5. The van der Waals surface area contributed by atoms with E-state index in [2.05, 4.69) is 19.9 Å². The average molecular weight is 256 g/mol. The molecule has 0 aliphatic rings. The van der Waals surface area contributed by atoms with E-state index < -0.39 is 11.2 Å². The van der Waals surface area contributed by atoms with E-state index >= 15 is 0 Å². The second-order valence-corrected chi connectivity index (χ2v) is 4.54. The molecule has 6 heteroatoms. The first-order valence-electron chi connectivity index (χ1n) is 5.84. The minimum atomic E-state index is -0.559. The number of nitrogens with one attached hydrogen (secondary N) is 3. The molecule has 19 heavy (non-hydrogen) atoms. The molecule has 0 saturated heterocycles. The molecular formula is C13H12N4O2. The molecule has 0 radical (unpaired) electrons. The molecule has 0 bridgehead atoms. The van der Waals surface area contributed by atoms with Crippen LogP contribution in [-0.2, 0) is 0 Å². The predicted octanol–water partition coefficient (Wildman–Crippen LogP) is 1.22. The van der Waals surface area contributed by atoms with Crippen molar-refractivity contribution in [1.82, 2.24) is 19.9 Å². The number of aromatic nitrogens is 4. The van der Waals surface area contributed by atoms with Gasteiger partial charge in [0.15, 0.2) is 5.65 Å². The second kappa shape index (κ2) is 3.94. The van der Waals surface area contributed by atoms with Gasteiger partial charge in [-0.25, -0.2) is 9.78 Å². The highest BCUT2D eigenvalue weighted by Crippen LogP contribution is 2.22. The molecule has 0 unspecified atom stereocenters. The fourth-order valence-electron chi connectivity index (χ4n) is 2.14. The van der Waals surface area contributed by atoms with Crippen LogP contribution in [0, 0.1) is 13.8 Å². The fourth-order valence-corrected chi connectivity index (χ4v) is 2.14. The Bertz CT molecular complexity index is 886. The highest BCUT2D eigenvalue weighted by Gasteiger charge is 2.10. The van der Waals surface area contributed by atoms with Crippen LogP contribution in [0.15, 0.2) is 27.8 Å². The normalized spacial score (nSPS) is 11.1. The summed E-state index contributed by atoms with van der Waals surface area (Å²) in [5, 5.41) is 0. The highest BCUT2D eigenvalue weighted by atomic mass is 16.2. The minimum Gasteiger partial charge on any atom is -0.332 e. The predicted molar refractivity (Wildman–Crippen MR) is 72.2 cm³/mol. The van der Waals surface area contributed by atoms with Gasteiger partial charge in [0, 0.05) is 5.56 Å². The molecule has 3 aromatic rings. The summed E-state index contributed by atoms with van der Waals surface area (Å²) in [5.74, 6) is 0.569. The van der Waals surface area contributed by atoms with Crippen molar-refractivity contribution in [1.29, 1.82) is 0 Å². The molecule has 0 fully saturated rings.